The van der Waals surface area contributed by atoms with Crippen molar-refractivity contribution in [1.29, 1.82) is 0 Å². The molecule has 5 nitrogen and oxygen atoms in total. The first-order valence-electron chi connectivity index (χ1n) is 11.7. The van der Waals surface area contributed by atoms with Crippen molar-refractivity contribution >= 4 is 38.6 Å². The summed E-state index contributed by atoms with van der Waals surface area (Å²) in [5.41, 5.74) is 2.28. The van der Waals surface area contributed by atoms with Gasteiger partial charge in [0.05, 0.1) is 13.2 Å². The molecule has 178 valence electrons. The monoisotopic (exact) mass is 532 g/mol. The molecule has 0 aliphatic carbocycles. The Kier molecular flexibility index (Phi) is 8.25. The Balaban J connectivity index is 1.26. The van der Waals surface area contributed by atoms with E-state index in [2.05, 4.69) is 46.8 Å². The summed E-state index contributed by atoms with van der Waals surface area (Å²) in [6.45, 7) is 8.05. The van der Waals surface area contributed by atoms with Crippen LogP contribution in [-0.2, 0) is 6.42 Å². The highest BCUT2D eigenvalue weighted by Crippen LogP contribution is 2.33. The number of hydrogen-bond acceptors (Lipinski definition) is 5. The van der Waals surface area contributed by atoms with E-state index in [4.69, 9.17) is 9.47 Å². The number of amides is 1. The zero-order chi connectivity index (χ0) is 23.4. The van der Waals surface area contributed by atoms with Crippen LogP contribution in [0.25, 0.3) is 0 Å². The van der Waals surface area contributed by atoms with Crippen LogP contribution in [0.3, 0.4) is 0 Å². The Morgan fingerprint density at radius 2 is 1.79 bits per heavy atom. The van der Waals surface area contributed by atoms with E-state index in [0.29, 0.717) is 11.2 Å². The second-order valence-corrected chi connectivity index (χ2v) is 11.3. The maximum Gasteiger partial charge on any atom is 0.286 e. The van der Waals surface area contributed by atoms with Gasteiger partial charge in [-0.3, -0.25) is 4.79 Å². The number of carbonyl (C=O) groups is 1. The molecule has 0 bridgehead atoms. The molecule has 0 radical (unpaired) electrons. The van der Waals surface area contributed by atoms with Crippen molar-refractivity contribution in [1.82, 2.24) is 4.90 Å². The highest BCUT2D eigenvalue weighted by atomic mass is 79.9. The number of methoxy groups -OCH3 is 1. The first-order chi connectivity index (χ1) is 15.9. The third-order valence-electron chi connectivity index (χ3n) is 6.32. The molecule has 7 heteroatoms. The molecule has 2 aromatic carbocycles. The summed E-state index contributed by atoms with van der Waals surface area (Å²) in [6, 6.07) is 14.1. The summed E-state index contributed by atoms with van der Waals surface area (Å²) in [5.74, 6) is 2.44. The Labute approximate surface area is 209 Å². The summed E-state index contributed by atoms with van der Waals surface area (Å²) in [5, 5.41) is 0.462. The van der Waals surface area contributed by atoms with Crippen molar-refractivity contribution < 1.29 is 14.3 Å². The van der Waals surface area contributed by atoms with E-state index in [9.17, 15) is 4.79 Å². The number of hydrogen-bond donors (Lipinski definition) is 0. The molecular weight excluding hydrogens is 500 g/mol. The van der Waals surface area contributed by atoms with Crippen molar-refractivity contribution in [3.63, 3.8) is 0 Å². The van der Waals surface area contributed by atoms with Crippen LogP contribution in [0.4, 0.5) is 10.5 Å². The van der Waals surface area contributed by atoms with E-state index < -0.39 is 0 Å². The van der Waals surface area contributed by atoms with Crippen molar-refractivity contribution in [2.75, 3.05) is 38.2 Å². The smallest absolute Gasteiger partial charge is 0.286 e. The highest BCUT2D eigenvalue weighted by molar-refractivity contribution is 9.10. The van der Waals surface area contributed by atoms with E-state index in [-0.39, 0.29) is 11.3 Å². The molecule has 0 aromatic heterocycles. The molecule has 0 N–H and O–H groups in total. The average Bonchev–Trinajstić information content (AvgIpc) is 3.17. The van der Waals surface area contributed by atoms with Gasteiger partial charge in [-0.25, -0.2) is 0 Å². The number of ether oxygens (including phenoxy) is 2. The summed E-state index contributed by atoms with van der Waals surface area (Å²) >= 11 is 5.20. The lowest BCUT2D eigenvalue weighted by Crippen LogP contribution is -2.39. The van der Waals surface area contributed by atoms with Gasteiger partial charge in [-0.2, -0.15) is 0 Å². The van der Waals surface area contributed by atoms with E-state index in [1.807, 2.05) is 35.2 Å². The zero-order valence-corrected chi connectivity index (χ0v) is 22.0. The quantitative estimate of drug-likeness (QED) is 0.402. The third kappa shape index (κ3) is 6.46. The summed E-state index contributed by atoms with van der Waals surface area (Å²) < 4.78 is 12.3. The lowest BCUT2D eigenvalue weighted by molar-refractivity contribution is 0.185. The standard InChI is InChI=1S/C26H33BrN2O3S/c1-18(2)32-23-8-9-25(27)20(15-23)14-19-10-12-28(13-11-19)16-24-17-29(26(30)33-24)21-4-6-22(31-3)7-5-21/h4-9,15,18-19,24H,10-14,16-17H2,1-3H3. The molecule has 2 aromatic rings. The van der Waals surface area contributed by atoms with Crippen LogP contribution in [-0.4, -0.2) is 54.8 Å². The number of piperidine rings is 1. The molecule has 2 aliphatic heterocycles. The minimum absolute atomic E-state index is 0.147. The van der Waals surface area contributed by atoms with Crippen LogP contribution in [0, 0.1) is 5.92 Å². The minimum Gasteiger partial charge on any atom is -0.497 e. The van der Waals surface area contributed by atoms with Gasteiger partial charge in [0.15, 0.2) is 0 Å². The second kappa shape index (κ2) is 11.2. The van der Waals surface area contributed by atoms with Crippen molar-refractivity contribution in [3.05, 3.63) is 52.5 Å². The molecule has 2 heterocycles. The third-order valence-corrected chi connectivity index (χ3v) is 8.15. The Morgan fingerprint density at radius 3 is 2.45 bits per heavy atom. The molecule has 2 fully saturated rings. The zero-order valence-electron chi connectivity index (χ0n) is 19.6. The maximum atomic E-state index is 12.6. The number of thioether (sulfide) groups is 1. The molecule has 4 rings (SSSR count). The Morgan fingerprint density at radius 1 is 1.09 bits per heavy atom. The number of likely N-dealkylation sites (tertiary alicyclic amines) is 1. The molecule has 2 saturated heterocycles. The molecule has 33 heavy (non-hydrogen) atoms. The Bertz CT molecular complexity index is 945. The first-order valence-corrected chi connectivity index (χ1v) is 13.4. The van der Waals surface area contributed by atoms with Gasteiger partial charge in [0.2, 0.25) is 0 Å². The predicted molar refractivity (Wildman–Crippen MR) is 140 cm³/mol. The average molecular weight is 534 g/mol. The van der Waals surface area contributed by atoms with Gasteiger partial charge in [0.1, 0.15) is 11.5 Å². The molecule has 0 saturated carbocycles. The number of rotatable bonds is 8. The van der Waals surface area contributed by atoms with Crippen LogP contribution in [0.1, 0.15) is 32.3 Å². The number of carbonyl (C=O) groups excluding carboxylic acids is 1. The number of benzene rings is 2. The molecule has 1 atom stereocenters. The molecule has 1 unspecified atom stereocenters. The number of halogens is 1. The minimum atomic E-state index is 0.147. The number of nitrogens with zero attached hydrogens (tertiary/aromatic N) is 2. The highest BCUT2D eigenvalue weighted by Gasteiger charge is 2.33. The van der Waals surface area contributed by atoms with Crippen molar-refractivity contribution in [2.45, 2.75) is 44.5 Å². The van der Waals surface area contributed by atoms with E-state index in [0.717, 1.165) is 49.8 Å². The molecule has 1 amide bonds. The van der Waals surface area contributed by atoms with Gasteiger partial charge in [-0.05, 0) is 100 Å². The largest absolute Gasteiger partial charge is 0.497 e. The SMILES string of the molecule is COc1ccc(N2CC(CN3CCC(Cc4cc(OC(C)C)ccc4Br)CC3)SC2=O)cc1. The fraction of sp³-hybridized carbons (Fsp3) is 0.500. The van der Waals surface area contributed by atoms with Gasteiger partial charge < -0.3 is 19.3 Å². The maximum absolute atomic E-state index is 12.6. The van der Waals surface area contributed by atoms with Crippen molar-refractivity contribution in [2.24, 2.45) is 5.92 Å². The van der Waals surface area contributed by atoms with E-state index in [1.54, 1.807) is 7.11 Å². The number of anilines is 1. The topological polar surface area (TPSA) is 42.0 Å². The van der Waals surface area contributed by atoms with Gasteiger partial charge in [0, 0.05) is 28.5 Å². The van der Waals surface area contributed by atoms with E-state index in [1.165, 1.54) is 34.6 Å². The first kappa shape index (κ1) is 24.4. The predicted octanol–water partition coefficient (Wildman–Crippen LogP) is 6.24. The van der Waals surface area contributed by atoms with Gasteiger partial charge in [0.25, 0.3) is 5.24 Å². The van der Waals surface area contributed by atoms with Crippen LogP contribution in [0.5, 0.6) is 11.5 Å². The fourth-order valence-corrected chi connectivity index (χ4v) is 6.12. The lowest BCUT2D eigenvalue weighted by atomic mass is 9.90. The van der Waals surface area contributed by atoms with Gasteiger partial charge in [-0.15, -0.1) is 0 Å². The van der Waals surface area contributed by atoms with Crippen LogP contribution < -0.4 is 14.4 Å². The lowest BCUT2D eigenvalue weighted by Gasteiger charge is -2.33. The normalized spacial score (nSPS) is 20.0. The van der Waals surface area contributed by atoms with Gasteiger partial charge >= 0.3 is 0 Å². The van der Waals surface area contributed by atoms with E-state index >= 15 is 0 Å². The summed E-state index contributed by atoms with van der Waals surface area (Å²) in [6.07, 6.45) is 3.64. The van der Waals surface area contributed by atoms with Crippen LogP contribution in [0.2, 0.25) is 0 Å². The van der Waals surface area contributed by atoms with Crippen molar-refractivity contribution in [3.8, 4) is 11.5 Å². The molecular formula is C26H33BrN2O3S. The summed E-state index contributed by atoms with van der Waals surface area (Å²) in [7, 11) is 1.66. The summed E-state index contributed by atoms with van der Waals surface area (Å²) in [4.78, 5) is 17.0. The van der Waals surface area contributed by atoms with Crippen LogP contribution in [0.15, 0.2) is 46.9 Å². The van der Waals surface area contributed by atoms with Gasteiger partial charge in [-0.1, -0.05) is 27.7 Å². The van der Waals surface area contributed by atoms with Crippen LogP contribution >= 0.6 is 27.7 Å². The Hall–Kier alpha value is -1.70. The molecule has 2 aliphatic rings. The molecule has 0 spiro atoms. The fourth-order valence-electron chi connectivity index (χ4n) is 4.61. The second-order valence-electron chi connectivity index (χ2n) is 9.18.